The van der Waals surface area contributed by atoms with Crippen molar-refractivity contribution in [1.82, 2.24) is 10.2 Å². The average molecular weight is 381 g/mol. The third kappa shape index (κ3) is 6.02. The monoisotopic (exact) mass is 380 g/mol. The Bertz CT molecular complexity index is 659. The van der Waals surface area contributed by atoms with E-state index in [0.29, 0.717) is 30.2 Å². The Labute approximate surface area is 158 Å². The normalized spacial score (nSPS) is 15.5. The van der Waals surface area contributed by atoms with Gasteiger partial charge in [0.15, 0.2) is 0 Å². The molecule has 1 N–H and O–H groups in total. The SMILES string of the molecule is CC(C)(C)OC(=O)NCC1CCN(C(=O)C(=O)c2ccc(Cl)cc2)CC1. The molecule has 1 heterocycles. The topological polar surface area (TPSA) is 75.7 Å². The van der Waals surface area contributed by atoms with Crippen molar-refractivity contribution in [2.24, 2.45) is 5.92 Å². The Morgan fingerprint density at radius 1 is 1.15 bits per heavy atom. The molecule has 1 aromatic carbocycles. The molecule has 0 unspecified atom stereocenters. The maximum Gasteiger partial charge on any atom is 0.407 e. The van der Waals surface area contributed by atoms with Crippen LogP contribution in [0.4, 0.5) is 4.79 Å². The van der Waals surface area contributed by atoms with Crippen LogP contribution in [0.15, 0.2) is 24.3 Å². The molecule has 26 heavy (non-hydrogen) atoms. The van der Waals surface area contributed by atoms with E-state index < -0.39 is 23.4 Å². The lowest BCUT2D eigenvalue weighted by molar-refractivity contribution is -0.127. The summed E-state index contributed by atoms with van der Waals surface area (Å²) >= 11 is 5.80. The van der Waals surface area contributed by atoms with E-state index in [2.05, 4.69) is 5.32 Å². The maximum atomic E-state index is 12.4. The molecule has 0 aromatic heterocycles. The zero-order chi connectivity index (χ0) is 19.3. The highest BCUT2D eigenvalue weighted by Crippen LogP contribution is 2.18. The number of benzene rings is 1. The molecule has 1 fully saturated rings. The van der Waals surface area contributed by atoms with E-state index in [-0.39, 0.29) is 5.92 Å². The van der Waals surface area contributed by atoms with Crippen LogP contribution in [0.25, 0.3) is 0 Å². The second-order valence-corrected chi connectivity index (χ2v) is 7.89. The third-order valence-electron chi connectivity index (χ3n) is 4.14. The van der Waals surface area contributed by atoms with Crippen molar-refractivity contribution in [3.05, 3.63) is 34.9 Å². The van der Waals surface area contributed by atoms with E-state index in [9.17, 15) is 14.4 Å². The quantitative estimate of drug-likeness (QED) is 0.642. The van der Waals surface area contributed by atoms with Gasteiger partial charge in [0, 0.05) is 30.2 Å². The van der Waals surface area contributed by atoms with Gasteiger partial charge < -0.3 is 15.0 Å². The first-order valence-electron chi connectivity index (χ1n) is 8.72. The van der Waals surface area contributed by atoms with Gasteiger partial charge in [-0.3, -0.25) is 9.59 Å². The highest BCUT2D eigenvalue weighted by molar-refractivity contribution is 6.42. The number of hydrogen-bond donors (Lipinski definition) is 1. The fourth-order valence-corrected chi connectivity index (χ4v) is 2.88. The molecule has 142 valence electrons. The Kier molecular flexibility index (Phi) is 6.64. The Morgan fingerprint density at radius 2 is 1.73 bits per heavy atom. The van der Waals surface area contributed by atoms with Crippen LogP contribution in [0.2, 0.25) is 5.02 Å². The van der Waals surface area contributed by atoms with Crippen LogP contribution >= 0.6 is 11.6 Å². The number of halogens is 1. The van der Waals surface area contributed by atoms with Crippen LogP contribution in [-0.4, -0.2) is 47.9 Å². The van der Waals surface area contributed by atoms with E-state index in [1.54, 1.807) is 29.2 Å². The summed E-state index contributed by atoms with van der Waals surface area (Å²) in [5.74, 6) is -0.755. The number of hydrogen-bond acceptors (Lipinski definition) is 4. The Morgan fingerprint density at radius 3 is 2.27 bits per heavy atom. The van der Waals surface area contributed by atoms with Gasteiger partial charge in [-0.15, -0.1) is 0 Å². The number of ketones is 1. The highest BCUT2D eigenvalue weighted by Gasteiger charge is 2.28. The van der Waals surface area contributed by atoms with Crippen LogP contribution in [0, 0.1) is 5.92 Å². The van der Waals surface area contributed by atoms with E-state index in [0.717, 1.165) is 12.8 Å². The predicted octanol–water partition coefficient (Wildman–Crippen LogP) is 3.29. The minimum absolute atomic E-state index is 0.261. The predicted molar refractivity (Wildman–Crippen MR) is 99.3 cm³/mol. The third-order valence-corrected chi connectivity index (χ3v) is 4.39. The number of rotatable bonds is 4. The first-order valence-corrected chi connectivity index (χ1v) is 9.09. The second kappa shape index (κ2) is 8.54. The average Bonchev–Trinajstić information content (AvgIpc) is 2.58. The molecule has 6 nitrogen and oxygen atoms in total. The van der Waals surface area contributed by atoms with Gasteiger partial charge in [0.25, 0.3) is 5.91 Å². The van der Waals surface area contributed by atoms with E-state index >= 15 is 0 Å². The molecular formula is C19H25ClN2O4. The van der Waals surface area contributed by atoms with Gasteiger partial charge in [-0.2, -0.15) is 0 Å². The van der Waals surface area contributed by atoms with Gasteiger partial charge in [0.1, 0.15) is 5.60 Å². The maximum absolute atomic E-state index is 12.4. The molecule has 0 radical (unpaired) electrons. The minimum atomic E-state index is -0.526. The first kappa shape index (κ1) is 20.2. The molecule has 1 aliphatic heterocycles. The lowest BCUT2D eigenvalue weighted by atomic mass is 9.96. The molecule has 7 heteroatoms. The van der Waals surface area contributed by atoms with E-state index in [1.807, 2.05) is 20.8 Å². The number of carbonyl (C=O) groups is 3. The number of nitrogens with zero attached hydrogens (tertiary/aromatic N) is 1. The number of likely N-dealkylation sites (tertiary alicyclic amines) is 1. The number of ether oxygens (including phenoxy) is 1. The van der Waals surface area contributed by atoms with Crippen molar-refractivity contribution < 1.29 is 19.1 Å². The van der Waals surface area contributed by atoms with Crippen LogP contribution in [0.1, 0.15) is 44.0 Å². The van der Waals surface area contributed by atoms with Gasteiger partial charge in [0.05, 0.1) is 0 Å². The van der Waals surface area contributed by atoms with Crippen molar-refractivity contribution in [3.8, 4) is 0 Å². The molecule has 0 saturated carbocycles. The van der Waals surface area contributed by atoms with Gasteiger partial charge in [0.2, 0.25) is 5.78 Å². The molecule has 0 atom stereocenters. The summed E-state index contributed by atoms with van der Waals surface area (Å²) < 4.78 is 5.21. The summed E-state index contributed by atoms with van der Waals surface area (Å²) in [5, 5.41) is 3.28. The lowest BCUT2D eigenvalue weighted by Gasteiger charge is -2.31. The fourth-order valence-electron chi connectivity index (χ4n) is 2.75. The number of carbonyl (C=O) groups excluding carboxylic acids is 3. The summed E-state index contributed by atoms with van der Waals surface area (Å²) in [6, 6.07) is 6.30. The van der Waals surface area contributed by atoms with Crippen molar-refractivity contribution in [1.29, 1.82) is 0 Å². The molecule has 1 aromatic rings. The van der Waals surface area contributed by atoms with Crippen molar-refractivity contribution in [2.75, 3.05) is 19.6 Å². The van der Waals surface area contributed by atoms with Crippen molar-refractivity contribution >= 4 is 29.4 Å². The van der Waals surface area contributed by atoms with Crippen molar-refractivity contribution in [3.63, 3.8) is 0 Å². The molecule has 2 rings (SSSR count). The van der Waals surface area contributed by atoms with E-state index in [1.165, 1.54) is 0 Å². The Balaban J connectivity index is 1.78. The summed E-state index contributed by atoms with van der Waals surface area (Å²) in [6.07, 6.45) is 1.03. The van der Waals surface area contributed by atoms with Crippen molar-refractivity contribution in [2.45, 2.75) is 39.2 Å². The zero-order valence-corrected chi connectivity index (χ0v) is 16.1. The standard InChI is InChI=1S/C19H25ClN2O4/c1-19(2,3)26-18(25)21-12-13-8-10-22(11-9-13)17(24)16(23)14-4-6-15(20)7-5-14/h4-7,13H,8-12H2,1-3H3,(H,21,25). The number of Topliss-reactive ketones (excluding diaryl/α,β-unsaturated/α-hetero) is 1. The molecule has 1 aliphatic rings. The van der Waals surface area contributed by atoms with Crippen LogP contribution in [0.5, 0.6) is 0 Å². The lowest BCUT2D eigenvalue weighted by Crippen LogP contribution is -2.44. The fraction of sp³-hybridized carbons (Fsp3) is 0.526. The number of piperidine rings is 1. The molecule has 0 bridgehead atoms. The molecule has 1 saturated heterocycles. The minimum Gasteiger partial charge on any atom is -0.444 e. The van der Waals surface area contributed by atoms with Crippen LogP contribution < -0.4 is 5.32 Å². The molecular weight excluding hydrogens is 356 g/mol. The molecule has 0 aliphatic carbocycles. The van der Waals surface area contributed by atoms with E-state index in [4.69, 9.17) is 16.3 Å². The zero-order valence-electron chi connectivity index (χ0n) is 15.4. The van der Waals surface area contributed by atoms with Crippen LogP contribution in [0.3, 0.4) is 0 Å². The Hall–Kier alpha value is -2.08. The van der Waals surface area contributed by atoms with Gasteiger partial charge in [-0.05, 0) is 63.8 Å². The number of alkyl carbamates (subject to hydrolysis) is 1. The number of nitrogens with one attached hydrogen (secondary N) is 1. The molecule has 2 amide bonds. The van der Waals surface area contributed by atoms with Crippen LogP contribution in [-0.2, 0) is 9.53 Å². The first-order chi connectivity index (χ1) is 12.2. The summed E-state index contributed by atoms with van der Waals surface area (Å²) in [7, 11) is 0. The van der Waals surface area contributed by atoms with Gasteiger partial charge in [-0.1, -0.05) is 11.6 Å². The van der Waals surface area contributed by atoms with Gasteiger partial charge in [-0.25, -0.2) is 4.79 Å². The van der Waals surface area contributed by atoms with Gasteiger partial charge >= 0.3 is 6.09 Å². The molecule has 0 spiro atoms. The number of amides is 2. The second-order valence-electron chi connectivity index (χ2n) is 7.45. The smallest absolute Gasteiger partial charge is 0.407 e. The summed E-state index contributed by atoms with van der Waals surface area (Å²) in [5.41, 5.74) is -0.185. The summed E-state index contributed by atoms with van der Waals surface area (Å²) in [6.45, 7) is 6.94. The highest BCUT2D eigenvalue weighted by atomic mass is 35.5. The largest absolute Gasteiger partial charge is 0.444 e. The summed E-state index contributed by atoms with van der Waals surface area (Å²) in [4.78, 5) is 37.9.